The van der Waals surface area contributed by atoms with Gasteiger partial charge >= 0.3 is 0 Å². The molecule has 152 valence electrons. The zero-order valence-electron chi connectivity index (χ0n) is 16.8. The molecular weight excluding hydrogens is 382 g/mol. The van der Waals surface area contributed by atoms with E-state index in [1.807, 2.05) is 30.3 Å². The Kier molecular flexibility index (Phi) is 5.40. The zero-order valence-corrected chi connectivity index (χ0v) is 16.8. The number of aromatic nitrogens is 2. The van der Waals surface area contributed by atoms with Gasteiger partial charge < -0.3 is 13.6 Å². The topological polar surface area (TPSA) is 93.7 Å². The fourth-order valence-corrected chi connectivity index (χ4v) is 3.66. The minimum absolute atomic E-state index is 0.180. The van der Waals surface area contributed by atoms with Crippen molar-refractivity contribution < 1.29 is 13.6 Å². The molecule has 4 aromatic rings. The van der Waals surface area contributed by atoms with Crippen LogP contribution in [0.15, 0.2) is 56.4 Å². The molecule has 0 aliphatic rings. The van der Waals surface area contributed by atoms with E-state index in [0.717, 1.165) is 16.9 Å². The molecule has 0 fully saturated rings. The van der Waals surface area contributed by atoms with Gasteiger partial charge in [-0.25, -0.2) is 9.38 Å². The Hall–Kier alpha value is -3.79. The van der Waals surface area contributed by atoms with Gasteiger partial charge in [-0.1, -0.05) is 18.2 Å². The van der Waals surface area contributed by atoms with Crippen LogP contribution in [0.4, 0.5) is 0 Å². The van der Waals surface area contributed by atoms with Crippen molar-refractivity contribution in [2.45, 2.75) is 32.6 Å². The predicted octanol–water partition coefficient (Wildman–Crippen LogP) is 4.11. The number of hydrogen-bond acceptors (Lipinski definition) is 6. The third-order valence-corrected chi connectivity index (χ3v) is 5.16. The number of rotatable bonds is 7. The Bertz CT molecular complexity index is 1280. The van der Waals surface area contributed by atoms with E-state index >= 15 is 0 Å². The number of para-hydroxylation sites is 1. The lowest BCUT2D eigenvalue weighted by atomic mass is 10.0. The normalized spacial score (nSPS) is 11.0. The maximum atomic E-state index is 13.1. The average molecular weight is 403 g/mol. The van der Waals surface area contributed by atoms with Crippen LogP contribution in [0, 0.1) is 18.3 Å². The summed E-state index contributed by atoms with van der Waals surface area (Å²) >= 11 is 0. The second-order valence-electron chi connectivity index (χ2n) is 6.96. The summed E-state index contributed by atoms with van der Waals surface area (Å²) in [4.78, 5) is 17.2. The molecule has 0 aliphatic carbocycles. The quantitative estimate of drug-likeness (QED) is 0.461. The fraction of sp³-hybridized carbons (Fsp3) is 0.261. The van der Waals surface area contributed by atoms with Gasteiger partial charge in [-0.2, -0.15) is 5.26 Å². The largest absolute Gasteiger partial charge is 0.496 e. The second kappa shape index (κ2) is 8.29. The molecule has 0 radical (unpaired) electrons. The van der Waals surface area contributed by atoms with Gasteiger partial charge in [0.25, 0.3) is 11.4 Å². The van der Waals surface area contributed by atoms with Crippen molar-refractivity contribution in [3.05, 3.63) is 75.5 Å². The molecular formula is C23H21N3O4. The van der Waals surface area contributed by atoms with Gasteiger partial charge in [0.05, 0.1) is 25.1 Å². The zero-order chi connectivity index (χ0) is 21.1. The fourth-order valence-electron chi connectivity index (χ4n) is 3.66. The van der Waals surface area contributed by atoms with Crippen molar-refractivity contribution >= 4 is 5.71 Å². The van der Waals surface area contributed by atoms with Gasteiger partial charge in [0.15, 0.2) is 0 Å². The molecule has 0 amide bonds. The number of nitrogens with zero attached hydrogens (tertiary/aromatic N) is 3. The Morgan fingerprint density at radius 3 is 2.70 bits per heavy atom. The first kappa shape index (κ1) is 19.5. The summed E-state index contributed by atoms with van der Waals surface area (Å²) in [6.07, 6.45) is 5.01. The van der Waals surface area contributed by atoms with Crippen molar-refractivity contribution in [1.29, 1.82) is 5.26 Å². The molecule has 0 unspecified atom stereocenters. The van der Waals surface area contributed by atoms with Crippen LogP contribution in [0.5, 0.6) is 5.75 Å². The number of aryl methyl sites for hydroxylation is 4. The highest BCUT2D eigenvalue weighted by Crippen LogP contribution is 2.28. The van der Waals surface area contributed by atoms with Crippen LogP contribution in [0.25, 0.3) is 17.4 Å². The number of oxazole rings is 2. The van der Waals surface area contributed by atoms with Crippen LogP contribution in [0.1, 0.15) is 28.8 Å². The highest BCUT2D eigenvalue weighted by Gasteiger charge is 2.21. The predicted molar refractivity (Wildman–Crippen MR) is 111 cm³/mol. The highest BCUT2D eigenvalue weighted by atomic mass is 16.5. The summed E-state index contributed by atoms with van der Waals surface area (Å²) in [5.41, 5.74) is 3.46. The molecule has 7 heteroatoms. The van der Waals surface area contributed by atoms with E-state index in [2.05, 4.69) is 11.1 Å². The number of nitriles is 1. The molecule has 0 aliphatic heterocycles. The Balaban J connectivity index is 1.82. The third kappa shape index (κ3) is 3.48. The molecule has 0 saturated carbocycles. The lowest BCUT2D eigenvalue weighted by Crippen LogP contribution is -2.20. The van der Waals surface area contributed by atoms with E-state index in [-0.39, 0.29) is 12.0 Å². The Morgan fingerprint density at radius 2 is 1.97 bits per heavy atom. The van der Waals surface area contributed by atoms with Crippen molar-refractivity contribution in [3.63, 3.8) is 0 Å². The molecule has 0 spiro atoms. The van der Waals surface area contributed by atoms with Crippen LogP contribution in [-0.2, 0) is 19.3 Å². The van der Waals surface area contributed by atoms with Crippen LogP contribution < -0.4 is 10.3 Å². The van der Waals surface area contributed by atoms with E-state index in [4.69, 9.17) is 18.8 Å². The summed E-state index contributed by atoms with van der Waals surface area (Å²) in [6, 6.07) is 11.8. The van der Waals surface area contributed by atoms with Crippen LogP contribution in [-0.4, -0.2) is 16.5 Å². The van der Waals surface area contributed by atoms with Crippen molar-refractivity contribution in [3.8, 4) is 23.5 Å². The molecule has 1 aromatic carbocycles. The number of fused-ring (bicyclic) bond motifs is 1. The lowest BCUT2D eigenvalue weighted by molar-refractivity contribution is 0.409. The smallest absolute Gasteiger partial charge is 0.264 e. The van der Waals surface area contributed by atoms with Gasteiger partial charge in [-0.15, -0.1) is 0 Å². The molecule has 0 N–H and O–H groups in total. The monoisotopic (exact) mass is 403 g/mol. The first-order valence-corrected chi connectivity index (χ1v) is 9.69. The summed E-state index contributed by atoms with van der Waals surface area (Å²) in [5, 5.41) is 8.98. The number of benzene rings is 1. The SMILES string of the molecule is COc1ccccc1CCc1cc(CCC#N)c(=O)n2c(C)c(-c3ncco3)oc12. The molecule has 30 heavy (non-hydrogen) atoms. The second-order valence-corrected chi connectivity index (χ2v) is 6.96. The minimum Gasteiger partial charge on any atom is -0.496 e. The van der Waals surface area contributed by atoms with E-state index in [1.165, 1.54) is 12.5 Å². The summed E-state index contributed by atoms with van der Waals surface area (Å²) in [7, 11) is 1.65. The summed E-state index contributed by atoms with van der Waals surface area (Å²) in [6.45, 7) is 1.80. The van der Waals surface area contributed by atoms with Gasteiger partial charge in [0.1, 0.15) is 12.0 Å². The van der Waals surface area contributed by atoms with Crippen LogP contribution in [0.2, 0.25) is 0 Å². The van der Waals surface area contributed by atoms with E-state index in [1.54, 1.807) is 18.4 Å². The highest BCUT2D eigenvalue weighted by molar-refractivity contribution is 5.58. The van der Waals surface area contributed by atoms with E-state index in [9.17, 15) is 4.79 Å². The maximum absolute atomic E-state index is 13.1. The van der Waals surface area contributed by atoms with Crippen molar-refractivity contribution in [2.75, 3.05) is 7.11 Å². The van der Waals surface area contributed by atoms with Gasteiger partial charge in [0, 0.05) is 17.5 Å². The first-order chi connectivity index (χ1) is 14.6. The molecule has 0 atom stereocenters. The van der Waals surface area contributed by atoms with Crippen molar-refractivity contribution in [1.82, 2.24) is 9.38 Å². The van der Waals surface area contributed by atoms with Gasteiger partial charge in [-0.3, -0.25) is 4.79 Å². The van der Waals surface area contributed by atoms with Gasteiger partial charge in [0.2, 0.25) is 11.5 Å². The summed E-state index contributed by atoms with van der Waals surface area (Å²) < 4.78 is 18.5. The molecule has 3 heterocycles. The van der Waals surface area contributed by atoms with E-state index < -0.39 is 0 Å². The van der Waals surface area contributed by atoms with Crippen LogP contribution in [0.3, 0.4) is 0 Å². The Morgan fingerprint density at radius 1 is 1.17 bits per heavy atom. The van der Waals surface area contributed by atoms with E-state index in [0.29, 0.717) is 47.9 Å². The standard InChI is InChI=1S/C23H21N3O4/c1-15-20(21-25-12-13-29-21)30-23-18(10-9-16-6-3-4-8-19(16)28-2)14-17(7-5-11-24)22(27)26(15)23/h3-4,6,8,12-14H,5,7,9-10H2,1-2H3. The van der Waals surface area contributed by atoms with Crippen molar-refractivity contribution in [2.24, 2.45) is 0 Å². The molecule has 0 saturated heterocycles. The number of hydrogen-bond donors (Lipinski definition) is 0. The number of pyridine rings is 1. The molecule has 7 nitrogen and oxygen atoms in total. The van der Waals surface area contributed by atoms with Crippen LogP contribution >= 0.6 is 0 Å². The average Bonchev–Trinajstić information content (AvgIpc) is 3.41. The third-order valence-electron chi connectivity index (χ3n) is 5.16. The molecule has 3 aromatic heterocycles. The maximum Gasteiger partial charge on any atom is 0.264 e. The molecule has 4 rings (SSSR count). The first-order valence-electron chi connectivity index (χ1n) is 9.69. The number of ether oxygens (including phenoxy) is 1. The summed E-state index contributed by atoms with van der Waals surface area (Å²) in [5.74, 6) is 1.57. The number of methoxy groups -OCH3 is 1. The lowest BCUT2D eigenvalue weighted by Gasteiger charge is -2.10. The minimum atomic E-state index is -0.180. The van der Waals surface area contributed by atoms with Gasteiger partial charge in [-0.05, 0) is 43.9 Å². The Labute approximate surface area is 173 Å². The molecule has 0 bridgehead atoms.